The Bertz CT molecular complexity index is 1120. The molecule has 3 aromatic carbocycles. The second-order valence-corrected chi connectivity index (χ2v) is 6.70. The molecule has 0 aliphatic carbocycles. The topological polar surface area (TPSA) is 51.4 Å². The van der Waals surface area contributed by atoms with Crippen molar-refractivity contribution in [2.45, 2.75) is 0 Å². The molecule has 0 aliphatic rings. The van der Waals surface area contributed by atoms with Gasteiger partial charge in [-0.05, 0) is 48.5 Å². The van der Waals surface area contributed by atoms with Crippen molar-refractivity contribution in [2.75, 3.05) is 12.5 Å². The molecule has 1 aromatic heterocycles. The summed E-state index contributed by atoms with van der Waals surface area (Å²) in [6.07, 6.45) is 3.70. The van der Waals surface area contributed by atoms with Crippen molar-refractivity contribution in [1.29, 1.82) is 0 Å². The van der Waals surface area contributed by atoms with Gasteiger partial charge in [-0.25, -0.2) is 4.68 Å². The molecule has 0 unspecified atom stereocenters. The second kappa shape index (κ2) is 8.63. The van der Waals surface area contributed by atoms with E-state index in [1.165, 1.54) is 0 Å². The van der Waals surface area contributed by atoms with Gasteiger partial charge in [-0.3, -0.25) is 5.43 Å². The van der Waals surface area contributed by atoms with Crippen molar-refractivity contribution in [3.63, 3.8) is 0 Å². The Labute approximate surface area is 174 Å². The van der Waals surface area contributed by atoms with E-state index in [0.29, 0.717) is 5.02 Å². The number of nitrogens with one attached hydrogen (secondary N) is 1. The Morgan fingerprint density at radius 2 is 1.69 bits per heavy atom. The summed E-state index contributed by atoms with van der Waals surface area (Å²) in [4.78, 5) is 0. The number of benzene rings is 3. The number of halogens is 1. The van der Waals surface area contributed by atoms with Crippen LogP contribution in [0, 0.1) is 0 Å². The third kappa shape index (κ3) is 4.31. The molecule has 0 bridgehead atoms. The van der Waals surface area contributed by atoms with Gasteiger partial charge in [-0.1, -0.05) is 41.9 Å². The Balaban J connectivity index is 1.69. The van der Waals surface area contributed by atoms with Gasteiger partial charge < -0.3 is 4.74 Å². The minimum Gasteiger partial charge on any atom is -0.497 e. The van der Waals surface area contributed by atoms with E-state index in [2.05, 4.69) is 10.5 Å². The van der Waals surface area contributed by atoms with Crippen molar-refractivity contribution in [1.82, 2.24) is 9.78 Å². The van der Waals surface area contributed by atoms with Gasteiger partial charge >= 0.3 is 0 Å². The molecule has 0 saturated carbocycles. The minimum absolute atomic E-state index is 0.611. The number of hydrogen-bond acceptors (Lipinski definition) is 4. The molecule has 1 heterocycles. The van der Waals surface area contributed by atoms with Crippen molar-refractivity contribution < 1.29 is 4.74 Å². The highest BCUT2D eigenvalue weighted by Gasteiger charge is 2.11. The van der Waals surface area contributed by atoms with Gasteiger partial charge in [0.15, 0.2) is 0 Å². The lowest BCUT2D eigenvalue weighted by Gasteiger charge is -2.03. The average Bonchev–Trinajstić information content (AvgIpc) is 3.20. The molecule has 0 spiro atoms. The molecule has 29 heavy (non-hydrogen) atoms. The molecule has 0 radical (unpaired) electrons. The first-order chi connectivity index (χ1) is 14.2. The van der Waals surface area contributed by atoms with E-state index < -0.39 is 0 Å². The highest BCUT2D eigenvalue weighted by atomic mass is 35.5. The molecule has 0 atom stereocenters. The van der Waals surface area contributed by atoms with Crippen LogP contribution in [0.1, 0.15) is 5.56 Å². The number of hydrazone groups is 1. The summed E-state index contributed by atoms with van der Waals surface area (Å²) in [7, 11) is 1.65. The summed E-state index contributed by atoms with van der Waals surface area (Å²) in [5, 5.41) is 9.75. The Kier molecular flexibility index (Phi) is 5.59. The molecule has 5 nitrogen and oxygen atoms in total. The highest BCUT2D eigenvalue weighted by molar-refractivity contribution is 6.33. The summed E-state index contributed by atoms with van der Waals surface area (Å²) in [6, 6.07) is 25.2. The van der Waals surface area contributed by atoms with Crippen molar-refractivity contribution >= 4 is 23.5 Å². The number of para-hydroxylation sites is 2. The fourth-order valence-electron chi connectivity index (χ4n) is 2.89. The molecule has 1 N–H and O–H groups in total. The van der Waals surface area contributed by atoms with Crippen LogP contribution in [-0.4, -0.2) is 23.1 Å². The summed E-state index contributed by atoms with van der Waals surface area (Å²) < 4.78 is 7.10. The fourth-order valence-corrected chi connectivity index (χ4v) is 3.07. The Morgan fingerprint density at radius 3 is 2.41 bits per heavy atom. The molecule has 0 fully saturated rings. The SMILES string of the molecule is COc1ccc(-c2nn(-c3ccccc3)cc2/C=N/Nc2ccccc2Cl)cc1. The second-order valence-electron chi connectivity index (χ2n) is 6.29. The van der Waals surface area contributed by atoms with E-state index in [9.17, 15) is 0 Å². The molecule has 0 amide bonds. The van der Waals surface area contributed by atoms with E-state index in [-0.39, 0.29) is 0 Å². The molecule has 6 heteroatoms. The molecule has 4 rings (SSSR count). The number of methoxy groups -OCH3 is 1. The van der Waals surface area contributed by atoms with E-state index >= 15 is 0 Å². The first kappa shape index (κ1) is 18.8. The van der Waals surface area contributed by atoms with Gasteiger partial charge in [0.05, 0.1) is 29.7 Å². The first-order valence-electron chi connectivity index (χ1n) is 9.08. The zero-order chi connectivity index (χ0) is 20.1. The van der Waals surface area contributed by atoms with E-state index in [1.807, 2.05) is 89.7 Å². The first-order valence-corrected chi connectivity index (χ1v) is 9.45. The molecular formula is C23H19ClN4O. The van der Waals surface area contributed by atoms with Crippen LogP contribution in [0.15, 0.2) is 90.2 Å². The van der Waals surface area contributed by atoms with Crippen LogP contribution in [0.4, 0.5) is 5.69 Å². The van der Waals surface area contributed by atoms with Gasteiger partial charge in [-0.15, -0.1) is 0 Å². The zero-order valence-electron chi connectivity index (χ0n) is 15.8. The summed E-state index contributed by atoms with van der Waals surface area (Å²) >= 11 is 6.18. The smallest absolute Gasteiger partial charge is 0.118 e. The molecular weight excluding hydrogens is 384 g/mol. The fraction of sp³-hybridized carbons (Fsp3) is 0.0435. The van der Waals surface area contributed by atoms with Crippen LogP contribution < -0.4 is 10.2 Å². The predicted octanol–water partition coefficient (Wildman–Crippen LogP) is 5.65. The quantitative estimate of drug-likeness (QED) is 0.335. The Hall–Kier alpha value is -3.57. The third-order valence-electron chi connectivity index (χ3n) is 4.39. The van der Waals surface area contributed by atoms with Crippen LogP contribution in [0.2, 0.25) is 5.02 Å². The van der Waals surface area contributed by atoms with E-state index in [0.717, 1.165) is 33.9 Å². The van der Waals surface area contributed by atoms with Gasteiger partial charge in [-0.2, -0.15) is 10.2 Å². The third-order valence-corrected chi connectivity index (χ3v) is 4.72. The normalized spacial score (nSPS) is 11.0. The van der Waals surface area contributed by atoms with Crippen molar-refractivity contribution in [3.05, 3.63) is 95.6 Å². The average molecular weight is 403 g/mol. The monoisotopic (exact) mass is 402 g/mol. The maximum Gasteiger partial charge on any atom is 0.118 e. The summed E-state index contributed by atoms with van der Waals surface area (Å²) in [6.45, 7) is 0. The number of aromatic nitrogens is 2. The predicted molar refractivity (Wildman–Crippen MR) is 118 cm³/mol. The zero-order valence-corrected chi connectivity index (χ0v) is 16.5. The van der Waals surface area contributed by atoms with Crippen LogP contribution in [-0.2, 0) is 0 Å². The van der Waals surface area contributed by atoms with E-state index in [1.54, 1.807) is 13.3 Å². The lowest BCUT2D eigenvalue weighted by molar-refractivity contribution is 0.415. The van der Waals surface area contributed by atoms with Gasteiger partial charge in [0.2, 0.25) is 0 Å². The number of rotatable bonds is 6. The summed E-state index contributed by atoms with van der Waals surface area (Å²) in [5.41, 5.74) is 7.37. The Morgan fingerprint density at radius 1 is 0.966 bits per heavy atom. The molecule has 144 valence electrons. The summed E-state index contributed by atoms with van der Waals surface area (Å²) in [5.74, 6) is 0.798. The molecule has 4 aromatic rings. The number of anilines is 1. The maximum absolute atomic E-state index is 6.18. The van der Waals surface area contributed by atoms with E-state index in [4.69, 9.17) is 21.4 Å². The van der Waals surface area contributed by atoms with Crippen LogP contribution in [0.5, 0.6) is 5.75 Å². The lowest BCUT2D eigenvalue weighted by atomic mass is 10.1. The maximum atomic E-state index is 6.18. The van der Waals surface area contributed by atoms with Gasteiger partial charge in [0, 0.05) is 17.3 Å². The van der Waals surface area contributed by atoms with Crippen molar-refractivity contribution in [3.8, 4) is 22.7 Å². The largest absolute Gasteiger partial charge is 0.497 e. The van der Waals surface area contributed by atoms with Crippen LogP contribution in [0.3, 0.4) is 0 Å². The number of nitrogens with zero attached hydrogens (tertiary/aromatic N) is 3. The lowest BCUT2D eigenvalue weighted by Crippen LogP contribution is -1.94. The van der Waals surface area contributed by atoms with Crippen molar-refractivity contribution in [2.24, 2.45) is 5.10 Å². The van der Waals surface area contributed by atoms with Crippen LogP contribution in [0.25, 0.3) is 16.9 Å². The highest BCUT2D eigenvalue weighted by Crippen LogP contribution is 2.25. The standard InChI is InChI=1S/C23H19ClN4O/c1-29-20-13-11-17(12-14-20)23-18(15-25-26-22-10-6-5-9-21(22)24)16-28(27-23)19-7-3-2-4-8-19/h2-16,26H,1H3/b25-15+. The van der Waals surface area contributed by atoms with Gasteiger partial charge in [0.1, 0.15) is 11.4 Å². The molecule has 0 saturated heterocycles. The number of ether oxygens (including phenoxy) is 1. The molecule has 0 aliphatic heterocycles. The van der Waals surface area contributed by atoms with Crippen LogP contribution >= 0.6 is 11.6 Å². The number of hydrogen-bond donors (Lipinski definition) is 1. The minimum atomic E-state index is 0.611. The van der Waals surface area contributed by atoms with Gasteiger partial charge in [0.25, 0.3) is 0 Å².